The zero-order valence-electron chi connectivity index (χ0n) is 16.5. The molecule has 0 unspecified atom stereocenters. The molecule has 0 saturated carbocycles. The van der Waals surface area contributed by atoms with E-state index in [2.05, 4.69) is 16.0 Å². The molecule has 0 atom stereocenters. The van der Waals surface area contributed by atoms with Crippen molar-refractivity contribution in [2.45, 2.75) is 41.9 Å². The molecular weight excluding hydrogens is 404 g/mol. The fourth-order valence-corrected chi connectivity index (χ4v) is 5.23. The molecule has 1 saturated heterocycles. The summed E-state index contributed by atoms with van der Waals surface area (Å²) in [5, 5.41) is 0.882. The SMILES string of the molecule is Cl.O=S(=O)(c1ccccc1)c1cnc2c(CCCN3CCCCC3)cccc2c1. The molecule has 0 aliphatic carbocycles. The van der Waals surface area contributed by atoms with Gasteiger partial charge in [0.25, 0.3) is 0 Å². The van der Waals surface area contributed by atoms with Crippen LogP contribution in [-0.4, -0.2) is 37.9 Å². The number of halogens is 1. The second-order valence-electron chi connectivity index (χ2n) is 7.48. The van der Waals surface area contributed by atoms with Gasteiger partial charge in [0, 0.05) is 11.6 Å². The zero-order valence-corrected chi connectivity index (χ0v) is 18.1. The highest BCUT2D eigenvalue weighted by atomic mass is 35.5. The maximum absolute atomic E-state index is 12.9. The van der Waals surface area contributed by atoms with Crippen molar-refractivity contribution in [3.63, 3.8) is 0 Å². The van der Waals surface area contributed by atoms with Gasteiger partial charge in [0.2, 0.25) is 9.84 Å². The molecule has 0 radical (unpaired) electrons. The molecule has 0 amide bonds. The fraction of sp³-hybridized carbons (Fsp3) is 0.348. The molecule has 4 nitrogen and oxygen atoms in total. The van der Waals surface area contributed by atoms with Gasteiger partial charge in [-0.15, -0.1) is 12.4 Å². The predicted molar refractivity (Wildman–Crippen MR) is 119 cm³/mol. The number of likely N-dealkylation sites (tertiary alicyclic amines) is 1. The quantitative estimate of drug-likeness (QED) is 0.557. The van der Waals surface area contributed by atoms with Gasteiger partial charge in [0.05, 0.1) is 15.3 Å². The minimum Gasteiger partial charge on any atom is -0.303 e. The molecular formula is C23H27ClN2O2S. The van der Waals surface area contributed by atoms with E-state index in [0.29, 0.717) is 4.90 Å². The highest BCUT2D eigenvalue weighted by Gasteiger charge is 2.18. The Hall–Kier alpha value is -1.95. The van der Waals surface area contributed by atoms with Gasteiger partial charge >= 0.3 is 0 Å². The Bertz CT molecular complexity index is 1050. The third-order valence-corrected chi connectivity index (χ3v) is 7.24. The van der Waals surface area contributed by atoms with E-state index in [-0.39, 0.29) is 17.3 Å². The smallest absolute Gasteiger partial charge is 0.208 e. The average Bonchev–Trinajstić information content (AvgIpc) is 2.75. The molecule has 0 spiro atoms. The molecule has 1 aromatic heterocycles. The van der Waals surface area contributed by atoms with Crippen molar-refractivity contribution >= 4 is 33.1 Å². The van der Waals surface area contributed by atoms with Crippen LogP contribution in [0, 0.1) is 0 Å². The molecule has 2 heterocycles. The van der Waals surface area contributed by atoms with Crippen LogP contribution >= 0.6 is 12.4 Å². The van der Waals surface area contributed by atoms with Crippen LogP contribution in [0.25, 0.3) is 10.9 Å². The van der Waals surface area contributed by atoms with Gasteiger partial charge in [-0.25, -0.2) is 8.42 Å². The number of rotatable bonds is 6. The lowest BCUT2D eigenvalue weighted by atomic mass is 10.0. The molecule has 3 aromatic rings. The predicted octanol–water partition coefficient (Wildman–Crippen LogP) is 4.91. The second-order valence-corrected chi connectivity index (χ2v) is 9.43. The maximum Gasteiger partial charge on any atom is 0.208 e. The minimum atomic E-state index is -3.54. The van der Waals surface area contributed by atoms with Crippen LogP contribution in [0.15, 0.2) is 70.6 Å². The Balaban J connectivity index is 0.00000240. The maximum atomic E-state index is 12.9. The average molecular weight is 431 g/mol. The number of pyridine rings is 1. The van der Waals surface area contributed by atoms with E-state index in [1.165, 1.54) is 44.1 Å². The van der Waals surface area contributed by atoms with Gasteiger partial charge in [-0.3, -0.25) is 4.98 Å². The fourth-order valence-electron chi connectivity index (χ4n) is 3.96. The van der Waals surface area contributed by atoms with Crippen molar-refractivity contribution in [2.75, 3.05) is 19.6 Å². The first kappa shape index (κ1) is 21.8. The lowest BCUT2D eigenvalue weighted by Crippen LogP contribution is -2.30. The first-order valence-corrected chi connectivity index (χ1v) is 11.5. The summed E-state index contributed by atoms with van der Waals surface area (Å²) in [7, 11) is -3.54. The van der Waals surface area contributed by atoms with Crippen LogP contribution in [0.3, 0.4) is 0 Å². The summed E-state index contributed by atoms with van der Waals surface area (Å²) in [6, 6.07) is 16.3. The Morgan fingerprint density at radius 1 is 0.897 bits per heavy atom. The van der Waals surface area contributed by atoms with E-state index in [0.717, 1.165) is 30.3 Å². The molecule has 2 aromatic carbocycles. The van der Waals surface area contributed by atoms with E-state index in [9.17, 15) is 8.42 Å². The van der Waals surface area contributed by atoms with E-state index in [1.54, 1.807) is 30.3 Å². The van der Waals surface area contributed by atoms with Crippen molar-refractivity contribution in [1.82, 2.24) is 9.88 Å². The molecule has 1 aliphatic rings. The van der Waals surface area contributed by atoms with E-state index in [1.807, 2.05) is 18.2 Å². The van der Waals surface area contributed by atoms with Crippen LogP contribution in [0.2, 0.25) is 0 Å². The summed E-state index contributed by atoms with van der Waals surface area (Å²) in [6.07, 6.45) is 7.55. The summed E-state index contributed by atoms with van der Waals surface area (Å²) in [5.74, 6) is 0. The lowest BCUT2D eigenvalue weighted by Gasteiger charge is -2.26. The minimum absolute atomic E-state index is 0. The van der Waals surface area contributed by atoms with Crippen LogP contribution in [0.5, 0.6) is 0 Å². The molecule has 29 heavy (non-hydrogen) atoms. The van der Waals surface area contributed by atoms with Gasteiger partial charge in [-0.2, -0.15) is 0 Å². The highest BCUT2D eigenvalue weighted by molar-refractivity contribution is 7.91. The Kier molecular flexibility index (Phi) is 7.28. The zero-order chi connectivity index (χ0) is 19.4. The largest absolute Gasteiger partial charge is 0.303 e. The number of sulfone groups is 1. The topological polar surface area (TPSA) is 50.3 Å². The molecule has 0 bridgehead atoms. The van der Waals surface area contributed by atoms with Crippen LogP contribution in [0.1, 0.15) is 31.2 Å². The number of fused-ring (bicyclic) bond motifs is 1. The van der Waals surface area contributed by atoms with Crippen molar-refractivity contribution in [3.8, 4) is 0 Å². The number of aryl methyl sites for hydroxylation is 1. The standard InChI is InChI=1S/C23H26N2O2S.ClH/c26-28(27,21-12-3-1-4-13-21)22-17-20-10-7-9-19(23(20)24-18-22)11-8-16-25-14-5-2-6-15-25;/h1,3-4,7,9-10,12-13,17-18H,2,5-6,8,11,14-16H2;1H. The normalized spacial score (nSPS) is 15.2. The number of aromatic nitrogens is 1. The third-order valence-electron chi connectivity index (χ3n) is 5.50. The van der Waals surface area contributed by atoms with Crippen LogP contribution < -0.4 is 0 Å². The molecule has 154 valence electrons. The molecule has 1 fully saturated rings. The summed E-state index contributed by atoms with van der Waals surface area (Å²) in [5.41, 5.74) is 2.10. The van der Waals surface area contributed by atoms with Gasteiger partial charge < -0.3 is 4.90 Å². The molecule has 4 rings (SSSR count). The molecule has 1 aliphatic heterocycles. The van der Waals surface area contributed by atoms with E-state index in [4.69, 9.17) is 0 Å². The summed E-state index contributed by atoms with van der Waals surface area (Å²) < 4.78 is 25.7. The first-order valence-electron chi connectivity index (χ1n) is 10.0. The number of hydrogen-bond donors (Lipinski definition) is 0. The summed E-state index contributed by atoms with van der Waals surface area (Å²) in [4.78, 5) is 7.64. The van der Waals surface area contributed by atoms with E-state index < -0.39 is 9.84 Å². The number of nitrogens with zero attached hydrogens (tertiary/aromatic N) is 2. The first-order chi connectivity index (χ1) is 13.6. The lowest BCUT2D eigenvalue weighted by molar-refractivity contribution is 0.226. The third kappa shape index (κ3) is 4.97. The number of piperidine rings is 1. The molecule has 6 heteroatoms. The summed E-state index contributed by atoms with van der Waals surface area (Å²) in [6.45, 7) is 3.56. The second kappa shape index (κ2) is 9.70. The van der Waals surface area contributed by atoms with Gasteiger partial charge in [-0.1, -0.05) is 42.8 Å². The van der Waals surface area contributed by atoms with Gasteiger partial charge in [0.1, 0.15) is 0 Å². The highest BCUT2D eigenvalue weighted by Crippen LogP contribution is 2.25. The van der Waals surface area contributed by atoms with Gasteiger partial charge in [-0.05, 0) is 69.1 Å². The number of para-hydroxylation sites is 1. The van der Waals surface area contributed by atoms with E-state index >= 15 is 0 Å². The van der Waals surface area contributed by atoms with Gasteiger partial charge in [0.15, 0.2) is 0 Å². The monoisotopic (exact) mass is 430 g/mol. The Morgan fingerprint density at radius 2 is 1.66 bits per heavy atom. The Morgan fingerprint density at radius 3 is 2.41 bits per heavy atom. The Labute approximate surface area is 179 Å². The van der Waals surface area contributed by atoms with Crippen molar-refractivity contribution < 1.29 is 8.42 Å². The van der Waals surface area contributed by atoms with Crippen molar-refractivity contribution in [1.29, 1.82) is 0 Å². The molecule has 0 N–H and O–H groups in total. The van der Waals surface area contributed by atoms with Crippen molar-refractivity contribution in [2.24, 2.45) is 0 Å². The van der Waals surface area contributed by atoms with Crippen LogP contribution in [0.4, 0.5) is 0 Å². The number of hydrogen-bond acceptors (Lipinski definition) is 4. The van der Waals surface area contributed by atoms with Crippen LogP contribution in [-0.2, 0) is 16.3 Å². The number of benzene rings is 2. The summed E-state index contributed by atoms with van der Waals surface area (Å²) >= 11 is 0. The van der Waals surface area contributed by atoms with Crippen molar-refractivity contribution in [3.05, 3.63) is 66.4 Å².